The molecule has 1 aromatic heterocycles. The third-order valence-corrected chi connectivity index (χ3v) is 3.79. The number of carbonyl (C=O) groups is 1. The lowest BCUT2D eigenvalue weighted by Gasteiger charge is -2.11. The SMILES string of the molecule is Cc1ccccc1Nc1ccc(C(=O)Nc2ccc(OC(C)C)cc2)nn1. The molecule has 6 heteroatoms. The van der Waals surface area contributed by atoms with Crippen molar-refractivity contribution in [2.75, 3.05) is 10.6 Å². The predicted molar refractivity (Wildman–Crippen MR) is 107 cm³/mol. The van der Waals surface area contributed by atoms with Crippen molar-refractivity contribution in [3.63, 3.8) is 0 Å². The molecule has 0 radical (unpaired) electrons. The molecule has 1 amide bonds. The van der Waals surface area contributed by atoms with E-state index in [1.807, 2.05) is 57.2 Å². The van der Waals surface area contributed by atoms with Crippen LogP contribution in [0.15, 0.2) is 60.7 Å². The number of hydrogen-bond donors (Lipinski definition) is 2. The standard InChI is InChI=1S/C21H22N4O2/c1-14(2)27-17-10-8-16(9-11-17)22-21(26)19-12-13-20(25-24-19)23-18-7-5-4-6-15(18)3/h4-14H,1-3H3,(H,22,26)(H,23,25). The topological polar surface area (TPSA) is 76.1 Å². The van der Waals surface area contributed by atoms with Gasteiger partial charge in [0.2, 0.25) is 0 Å². The largest absolute Gasteiger partial charge is 0.491 e. The van der Waals surface area contributed by atoms with Crippen LogP contribution in [-0.4, -0.2) is 22.2 Å². The normalized spacial score (nSPS) is 10.5. The minimum Gasteiger partial charge on any atom is -0.491 e. The Balaban J connectivity index is 1.63. The van der Waals surface area contributed by atoms with Gasteiger partial charge in [0.25, 0.3) is 5.91 Å². The third kappa shape index (κ3) is 5.04. The molecule has 0 aliphatic rings. The maximum atomic E-state index is 12.3. The molecule has 0 atom stereocenters. The monoisotopic (exact) mass is 362 g/mol. The number of aryl methyl sites for hydroxylation is 1. The average Bonchev–Trinajstić information content (AvgIpc) is 2.65. The second kappa shape index (κ2) is 8.31. The Hall–Kier alpha value is -3.41. The van der Waals surface area contributed by atoms with Crippen molar-refractivity contribution in [2.45, 2.75) is 26.9 Å². The number of nitrogens with one attached hydrogen (secondary N) is 2. The van der Waals surface area contributed by atoms with Gasteiger partial charge in [-0.25, -0.2) is 0 Å². The van der Waals surface area contributed by atoms with Gasteiger partial charge < -0.3 is 15.4 Å². The van der Waals surface area contributed by atoms with Gasteiger partial charge in [-0.1, -0.05) is 18.2 Å². The average molecular weight is 362 g/mol. The van der Waals surface area contributed by atoms with E-state index < -0.39 is 0 Å². The first kappa shape index (κ1) is 18.4. The first-order chi connectivity index (χ1) is 13.0. The summed E-state index contributed by atoms with van der Waals surface area (Å²) in [6.07, 6.45) is 0.104. The van der Waals surface area contributed by atoms with Crippen LogP contribution in [0.1, 0.15) is 29.9 Å². The van der Waals surface area contributed by atoms with Crippen LogP contribution < -0.4 is 15.4 Å². The molecule has 0 aliphatic carbocycles. The highest BCUT2D eigenvalue weighted by atomic mass is 16.5. The molecule has 0 fully saturated rings. The van der Waals surface area contributed by atoms with Gasteiger partial charge in [0.15, 0.2) is 11.5 Å². The highest BCUT2D eigenvalue weighted by molar-refractivity contribution is 6.02. The van der Waals surface area contributed by atoms with Crippen LogP contribution in [0.2, 0.25) is 0 Å². The van der Waals surface area contributed by atoms with Crippen LogP contribution in [0.3, 0.4) is 0 Å². The Morgan fingerprint density at radius 2 is 1.70 bits per heavy atom. The molecule has 3 rings (SSSR count). The molecular weight excluding hydrogens is 340 g/mol. The molecule has 2 N–H and O–H groups in total. The van der Waals surface area contributed by atoms with Crippen LogP contribution in [0.5, 0.6) is 5.75 Å². The number of carbonyl (C=O) groups excluding carboxylic acids is 1. The van der Waals surface area contributed by atoms with Crippen molar-refractivity contribution in [3.05, 3.63) is 71.9 Å². The fraction of sp³-hybridized carbons (Fsp3) is 0.190. The van der Waals surface area contributed by atoms with Crippen LogP contribution >= 0.6 is 0 Å². The van der Waals surface area contributed by atoms with E-state index >= 15 is 0 Å². The predicted octanol–water partition coefficient (Wildman–Crippen LogP) is 4.57. The summed E-state index contributed by atoms with van der Waals surface area (Å²) in [5, 5.41) is 14.1. The lowest BCUT2D eigenvalue weighted by atomic mass is 10.2. The van der Waals surface area contributed by atoms with E-state index in [9.17, 15) is 4.79 Å². The molecule has 138 valence electrons. The molecule has 0 saturated carbocycles. The second-order valence-electron chi connectivity index (χ2n) is 6.39. The van der Waals surface area contributed by atoms with Gasteiger partial charge in [-0.15, -0.1) is 10.2 Å². The fourth-order valence-corrected chi connectivity index (χ4v) is 2.46. The lowest BCUT2D eigenvalue weighted by molar-refractivity contribution is 0.102. The number of nitrogens with zero attached hydrogens (tertiary/aromatic N) is 2. The van der Waals surface area contributed by atoms with Gasteiger partial charge in [-0.3, -0.25) is 4.79 Å². The first-order valence-electron chi connectivity index (χ1n) is 8.76. The maximum Gasteiger partial charge on any atom is 0.276 e. The number of rotatable bonds is 6. The summed E-state index contributed by atoms with van der Waals surface area (Å²) in [5.74, 6) is 1.02. The number of benzene rings is 2. The summed E-state index contributed by atoms with van der Waals surface area (Å²) in [5.41, 5.74) is 2.96. The Morgan fingerprint density at radius 1 is 0.963 bits per heavy atom. The number of hydrogen-bond acceptors (Lipinski definition) is 5. The van der Waals surface area contributed by atoms with Gasteiger partial charge in [-0.2, -0.15) is 0 Å². The number of aromatic nitrogens is 2. The molecule has 2 aromatic carbocycles. The van der Waals surface area contributed by atoms with Crippen LogP contribution in [-0.2, 0) is 0 Å². The van der Waals surface area contributed by atoms with Crippen molar-refractivity contribution in [1.29, 1.82) is 0 Å². The third-order valence-electron chi connectivity index (χ3n) is 3.79. The zero-order chi connectivity index (χ0) is 19.2. The van der Waals surface area contributed by atoms with E-state index in [-0.39, 0.29) is 17.7 Å². The van der Waals surface area contributed by atoms with E-state index in [4.69, 9.17) is 4.74 Å². The quantitative estimate of drug-likeness (QED) is 0.672. The van der Waals surface area contributed by atoms with Crippen molar-refractivity contribution < 1.29 is 9.53 Å². The van der Waals surface area contributed by atoms with Crippen molar-refractivity contribution in [3.8, 4) is 5.75 Å². The van der Waals surface area contributed by atoms with Crippen LogP contribution in [0.25, 0.3) is 0 Å². The minimum atomic E-state index is -0.317. The highest BCUT2D eigenvalue weighted by Crippen LogP contribution is 2.19. The van der Waals surface area contributed by atoms with Crippen molar-refractivity contribution in [1.82, 2.24) is 10.2 Å². The van der Waals surface area contributed by atoms with Gasteiger partial charge >= 0.3 is 0 Å². The van der Waals surface area contributed by atoms with Gasteiger partial charge in [0.1, 0.15) is 5.75 Å². The van der Waals surface area contributed by atoms with Crippen molar-refractivity contribution >= 4 is 23.1 Å². The summed E-state index contributed by atoms with van der Waals surface area (Å²) in [4.78, 5) is 12.3. The van der Waals surface area contributed by atoms with Gasteiger partial charge in [-0.05, 0) is 68.8 Å². The Morgan fingerprint density at radius 3 is 2.33 bits per heavy atom. The zero-order valence-corrected chi connectivity index (χ0v) is 15.6. The van der Waals surface area contributed by atoms with E-state index in [1.54, 1.807) is 24.3 Å². The van der Waals surface area contributed by atoms with Crippen molar-refractivity contribution in [2.24, 2.45) is 0 Å². The van der Waals surface area contributed by atoms with Crippen LogP contribution in [0.4, 0.5) is 17.2 Å². The van der Waals surface area contributed by atoms with E-state index in [1.165, 1.54) is 0 Å². The molecule has 0 aliphatic heterocycles. The Bertz CT molecular complexity index is 906. The zero-order valence-electron chi connectivity index (χ0n) is 15.6. The summed E-state index contributed by atoms with van der Waals surface area (Å²) < 4.78 is 5.59. The Labute approximate surface area is 158 Å². The van der Waals surface area contributed by atoms with E-state index in [0.29, 0.717) is 11.5 Å². The lowest BCUT2D eigenvalue weighted by Crippen LogP contribution is -2.14. The molecular formula is C21H22N4O2. The maximum absolute atomic E-state index is 12.3. The fourth-order valence-electron chi connectivity index (χ4n) is 2.46. The van der Waals surface area contributed by atoms with Gasteiger partial charge in [0.05, 0.1) is 6.10 Å². The summed E-state index contributed by atoms with van der Waals surface area (Å²) >= 11 is 0. The number of ether oxygens (including phenoxy) is 1. The smallest absolute Gasteiger partial charge is 0.276 e. The molecule has 0 unspecified atom stereocenters. The summed E-state index contributed by atoms with van der Waals surface area (Å²) in [6, 6.07) is 18.5. The van der Waals surface area contributed by atoms with Gasteiger partial charge in [0, 0.05) is 11.4 Å². The molecule has 3 aromatic rings. The molecule has 6 nitrogen and oxygen atoms in total. The van der Waals surface area contributed by atoms with Crippen LogP contribution in [0, 0.1) is 6.92 Å². The molecule has 0 spiro atoms. The second-order valence-corrected chi connectivity index (χ2v) is 6.39. The molecule has 1 heterocycles. The molecule has 0 saturated heterocycles. The highest BCUT2D eigenvalue weighted by Gasteiger charge is 2.09. The Kier molecular flexibility index (Phi) is 5.66. The number of amides is 1. The van der Waals surface area contributed by atoms with E-state index in [0.717, 1.165) is 17.0 Å². The summed E-state index contributed by atoms with van der Waals surface area (Å²) in [6.45, 7) is 5.94. The first-order valence-corrected chi connectivity index (χ1v) is 8.76. The molecule has 27 heavy (non-hydrogen) atoms. The molecule has 0 bridgehead atoms. The van der Waals surface area contributed by atoms with E-state index in [2.05, 4.69) is 20.8 Å². The minimum absolute atomic E-state index is 0.104. The number of anilines is 3. The number of para-hydroxylation sites is 1. The summed E-state index contributed by atoms with van der Waals surface area (Å²) in [7, 11) is 0.